The van der Waals surface area contributed by atoms with E-state index in [1.54, 1.807) is 24.3 Å². The largest absolute Gasteiger partial charge is 0.477 e. The van der Waals surface area contributed by atoms with Gasteiger partial charge in [0.25, 0.3) is 5.91 Å². The lowest BCUT2D eigenvalue weighted by molar-refractivity contribution is -0.195. The van der Waals surface area contributed by atoms with Crippen molar-refractivity contribution in [3.05, 3.63) is 144 Å². The normalized spacial score (nSPS) is 16.4. The first-order chi connectivity index (χ1) is 32.3. The number of ether oxygens (including phenoxy) is 3. The molecule has 14 nitrogen and oxygen atoms in total. The molecule has 0 saturated carbocycles. The summed E-state index contributed by atoms with van der Waals surface area (Å²) < 4.78 is 142. The van der Waals surface area contributed by atoms with Crippen molar-refractivity contribution in [1.82, 2.24) is 39.2 Å². The van der Waals surface area contributed by atoms with Crippen LogP contribution in [-0.2, 0) is 23.6 Å². The number of hydrogen-bond acceptors (Lipinski definition) is 11. The van der Waals surface area contributed by atoms with E-state index in [0.717, 1.165) is 35.1 Å². The maximum absolute atomic E-state index is 14.4. The van der Waals surface area contributed by atoms with Crippen molar-refractivity contribution in [3.8, 4) is 34.3 Å². The van der Waals surface area contributed by atoms with Crippen LogP contribution < -0.4 is 20.1 Å². The lowest BCUT2D eigenvalue weighted by atomic mass is 9.77. The Morgan fingerprint density at radius 1 is 0.765 bits per heavy atom. The fraction of sp³-hybridized carbons (Fsp3) is 0.222. The van der Waals surface area contributed by atoms with Crippen molar-refractivity contribution in [2.24, 2.45) is 5.41 Å². The predicted molar refractivity (Wildman–Crippen MR) is 224 cm³/mol. The molecule has 0 aliphatic carbocycles. The van der Waals surface area contributed by atoms with Crippen LogP contribution in [0.5, 0.6) is 11.8 Å². The number of nitrogens with one attached hydrogen (secondary N) is 2. The summed E-state index contributed by atoms with van der Waals surface area (Å²) in [4.78, 5) is 30.7. The molecule has 1 amide bonds. The number of rotatable bonds is 13. The highest BCUT2D eigenvalue weighted by molar-refractivity contribution is 6.03. The van der Waals surface area contributed by atoms with Crippen LogP contribution in [0, 0.1) is 5.41 Å². The molecule has 7 heterocycles. The summed E-state index contributed by atoms with van der Waals surface area (Å²) in [7, 11) is 0. The molecule has 68 heavy (non-hydrogen) atoms. The van der Waals surface area contributed by atoms with Gasteiger partial charge < -0.3 is 24.8 Å². The number of pyridine rings is 2. The third-order valence-electron chi connectivity index (χ3n) is 10.8. The highest BCUT2D eigenvalue weighted by Crippen LogP contribution is 2.48. The van der Waals surface area contributed by atoms with Gasteiger partial charge in [0.05, 0.1) is 65.3 Å². The molecule has 1 saturated heterocycles. The van der Waals surface area contributed by atoms with Gasteiger partial charge in [-0.2, -0.15) is 54.7 Å². The second kappa shape index (κ2) is 17.4. The Morgan fingerprint density at radius 3 is 2.16 bits per heavy atom. The number of hydrogen-bond donors (Lipinski definition) is 2. The zero-order valence-corrected chi connectivity index (χ0v) is 35.0. The molecule has 0 bridgehead atoms. The molecular weight excluding hydrogens is 916 g/mol. The molecule has 1 fully saturated rings. The van der Waals surface area contributed by atoms with Gasteiger partial charge in [-0.05, 0) is 42.5 Å². The second-order valence-corrected chi connectivity index (χ2v) is 15.8. The zero-order valence-electron chi connectivity index (χ0n) is 35.0. The molecule has 1 aliphatic heterocycles. The van der Waals surface area contributed by atoms with Crippen molar-refractivity contribution in [2.45, 2.75) is 38.1 Å². The van der Waals surface area contributed by atoms with E-state index in [4.69, 9.17) is 9.47 Å². The van der Waals surface area contributed by atoms with E-state index in [9.17, 15) is 44.3 Å². The minimum absolute atomic E-state index is 0.00777. The fourth-order valence-corrected chi connectivity index (χ4v) is 7.53. The number of benzene rings is 2. The van der Waals surface area contributed by atoms with Crippen LogP contribution >= 0.6 is 0 Å². The lowest BCUT2D eigenvalue weighted by Crippen LogP contribution is -2.47. The minimum Gasteiger partial charge on any atom is -0.477 e. The van der Waals surface area contributed by atoms with E-state index in [2.05, 4.69) is 45.5 Å². The van der Waals surface area contributed by atoms with E-state index < -0.39 is 59.6 Å². The molecule has 2 atom stereocenters. The number of amides is 1. The topological polar surface area (TPSA) is 155 Å². The van der Waals surface area contributed by atoms with E-state index in [-0.39, 0.29) is 70.7 Å². The maximum Gasteiger partial charge on any atom is 0.422 e. The molecule has 2 unspecified atom stereocenters. The maximum atomic E-state index is 14.4. The summed E-state index contributed by atoms with van der Waals surface area (Å²) in [5.74, 6) is -0.737. The monoisotopic (exact) mass is 948 g/mol. The molecular formula is C45H33F9N10O4. The highest BCUT2D eigenvalue weighted by Gasteiger charge is 2.48. The van der Waals surface area contributed by atoms with E-state index in [0.29, 0.717) is 17.2 Å². The molecule has 6 aromatic heterocycles. The summed E-state index contributed by atoms with van der Waals surface area (Å²) in [5.41, 5.74) is -2.15. The Morgan fingerprint density at radius 2 is 1.47 bits per heavy atom. The number of fused-ring (bicyclic) bond motifs is 2. The van der Waals surface area contributed by atoms with Gasteiger partial charge in [0.15, 0.2) is 23.6 Å². The Kier molecular flexibility index (Phi) is 11.6. The molecule has 1 aliphatic rings. The van der Waals surface area contributed by atoms with Gasteiger partial charge in [0.1, 0.15) is 12.4 Å². The molecule has 0 spiro atoms. The van der Waals surface area contributed by atoms with Crippen LogP contribution in [0.2, 0.25) is 0 Å². The van der Waals surface area contributed by atoms with Crippen molar-refractivity contribution in [3.63, 3.8) is 0 Å². The Bertz CT molecular complexity index is 3170. The first kappa shape index (κ1) is 45.3. The molecule has 9 rings (SSSR count). The van der Waals surface area contributed by atoms with Crippen molar-refractivity contribution in [2.75, 3.05) is 30.5 Å². The van der Waals surface area contributed by atoms with Crippen LogP contribution in [-0.4, -0.2) is 71.1 Å². The highest BCUT2D eigenvalue weighted by atomic mass is 19.4. The quantitative estimate of drug-likeness (QED) is 0.106. The molecule has 2 aromatic carbocycles. The average molecular weight is 949 g/mol. The predicted octanol–water partition coefficient (Wildman–Crippen LogP) is 9.90. The SMILES string of the molecule is CC1(COc2cccc(NCc3cnc4ccc(-c5ccccc5C(F)(F)F)nn34)n2)COC1c1cc(-c2ccccc2C(F)(F)F)nn2c(C(=O)Nc3ccnc(OCC(F)(F)F)c3)cnc12. The third-order valence-corrected chi connectivity index (χ3v) is 10.8. The van der Waals surface area contributed by atoms with Gasteiger partial charge in [-0.3, -0.25) is 4.79 Å². The lowest BCUT2D eigenvalue weighted by Gasteiger charge is -2.46. The Balaban J connectivity index is 0.956. The van der Waals surface area contributed by atoms with Gasteiger partial charge >= 0.3 is 18.5 Å². The zero-order chi connectivity index (χ0) is 48.0. The first-order valence-corrected chi connectivity index (χ1v) is 20.3. The average Bonchev–Trinajstić information content (AvgIpc) is 3.93. The fourth-order valence-electron chi connectivity index (χ4n) is 7.53. The standard InChI is InChI=1S/C45H33F9N10O4/c1-42(22-66-37-12-6-11-35(60-37)56-19-26-20-57-36-14-13-32(61-63(26)36)27-7-2-4-9-30(27)44(49,50)51)23-68-39(42)29-18-33(28-8-3-5-10-31(28)45(52,53)54)62-64-34(21-58-40(29)64)41(65)59-25-15-16-55-38(17-25)67-24-43(46,47)48/h2-18,20-21,39H,19,22-24H2,1H3,(H,56,60)(H,55,59,65). The van der Waals surface area contributed by atoms with E-state index >= 15 is 0 Å². The number of carbonyl (C=O) groups is 1. The van der Waals surface area contributed by atoms with Crippen molar-refractivity contribution >= 4 is 28.7 Å². The van der Waals surface area contributed by atoms with Crippen LogP contribution in [0.3, 0.4) is 0 Å². The summed E-state index contributed by atoms with van der Waals surface area (Å²) in [6.45, 7) is 0.414. The minimum atomic E-state index is -4.79. The number of nitrogens with zero attached hydrogens (tertiary/aromatic N) is 8. The van der Waals surface area contributed by atoms with E-state index in [1.807, 2.05) is 6.92 Å². The van der Waals surface area contributed by atoms with Gasteiger partial charge in [-0.25, -0.2) is 24.0 Å². The molecule has 8 aromatic rings. The number of carbonyl (C=O) groups excluding carboxylic acids is 1. The Labute approximate surface area is 377 Å². The molecule has 350 valence electrons. The Hall–Kier alpha value is -7.82. The third kappa shape index (κ3) is 9.41. The molecule has 23 heteroatoms. The summed E-state index contributed by atoms with van der Waals surface area (Å²) in [6, 6.07) is 21.6. The van der Waals surface area contributed by atoms with Crippen molar-refractivity contribution in [1.29, 1.82) is 0 Å². The number of alkyl halides is 9. The van der Waals surface area contributed by atoms with Gasteiger partial charge in [0, 0.05) is 40.7 Å². The van der Waals surface area contributed by atoms with Crippen LogP contribution in [0.1, 0.15) is 45.9 Å². The summed E-state index contributed by atoms with van der Waals surface area (Å²) in [6.07, 6.45) is -11.1. The van der Waals surface area contributed by atoms with Crippen LogP contribution in [0.4, 0.5) is 51.0 Å². The smallest absolute Gasteiger partial charge is 0.422 e. The van der Waals surface area contributed by atoms with Gasteiger partial charge in [-0.1, -0.05) is 49.4 Å². The molecule has 0 radical (unpaired) electrons. The number of halogens is 9. The summed E-state index contributed by atoms with van der Waals surface area (Å²) in [5, 5.41) is 14.6. The van der Waals surface area contributed by atoms with Crippen LogP contribution in [0.25, 0.3) is 33.8 Å². The summed E-state index contributed by atoms with van der Waals surface area (Å²) >= 11 is 0. The first-order valence-electron chi connectivity index (χ1n) is 20.3. The molecule has 2 N–H and O–H groups in total. The second-order valence-electron chi connectivity index (χ2n) is 15.8. The number of aromatic nitrogens is 8. The van der Waals surface area contributed by atoms with Crippen molar-refractivity contribution < 1.29 is 58.5 Å². The van der Waals surface area contributed by atoms with Gasteiger partial charge in [0.2, 0.25) is 11.8 Å². The number of imidazole rings is 2. The van der Waals surface area contributed by atoms with Crippen LogP contribution in [0.15, 0.2) is 116 Å². The van der Waals surface area contributed by atoms with Gasteiger partial charge in [-0.15, -0.1) is 0 Å². The van der Waals surface area contributed by atoms with E-state index in [1.165, 1.54) is 65.3 Å². The number of anilines is 2.